The summed E-state index contributed by atoms with van der Waals surface area (Å²) >= 11 is 0. The molecule has 1 saturated carbocycles. The lowest BCUT2D eigenvalue weighted by atomic mass is 9.73. The van der Waals surface area contributed by atoms with Crippen molar-refractivity contribution in [2.45, 2.75) is 58.0 Å². The number of aliphatic hydroxyl groups is 1. The lowest BCUT2D eigenvalue weighted by molar-refractivity contribution is -0.123. The van der Waals surface area contributed by atoms with Crippen LogP contribution in [0.3, 0.4) is 0 Å². The van der Waals surface area contributed by atoms with E-state index in [1.807, 2.05) is 0 Å². The molecule has 2 aliphatic rings. The maximum absolute atomic E-state index is 12.0. The molecule has 0 bridgehead atoms. The summed E-state index contributed by atoms with van der Waals surface area (Å²) < 4.78 is 0. The first-order valence-electron chi connectivity index (χ1n) is 7.76. The van der Waals surface area contributed by atoms with E-state index in [2.05, 4.69) is 17.6 Å². The molecule has 2 fully saturated rings. The Balaban J connectivity index is 0.00000200. The molecule has 3 N–H and O–H groups in total. The molecule has 2 rings (SSSR count). The molecular formula is C15H29ClN2O2. The van der Waals surface area contributed by atoms with E-state index in [4.69, 9.17) is 0 Å². The normalized spacial score (nSPS) is 31.4. The molecule has 1 amide bonds. The quantitative estimate of drug-likeness (QED) is 0.743. The van der Waals surface area contributed by atoms with Gasteiger partial charge >= 0.3 is 0 Å². The Kier molecular flexibility index (Phi) is 7.27. The standard InChI is InChI=1S/C15H28N2O2.ClH/c1-15(7-3-2-4-13(15)18)11-17-14(19)10-12-5-8-16-9-6-12;/h12-13,16,18H,2-11H2,1H3,(H,17,19);1H. The summed E-state index contributed by atoms with van der Waals surface area (Å²) in [6.07, 6.45) is 6.76. The van der Waals surface area contributed by atoms with E-state index in [-0.39, 0.29) is 29.8 Å². The van der Waals surface area contributed by atoms with E-state index >= 15 is 0 Å². The van der Waals surface area contributed by atoms with Gasteiger partial charge in [0.25, 0.3) is 0 Å². The Hall–Kier alpha value is -0.320. The summed E-state index contributed by atoms with van der Waals surface area (Å²) in [6, 6.07) is 0. The first kappa shape index (κ1) is 17.7. The molecule has 20 heavy (non-hydrogen) atoms. The molecule has 1 saturated heterocycles. The molecule has 1 heterocycles. The van der Waals surface area contributed by atoms with E-state index < -0.39 is 0 Å². The minimum Gasteiger partial charge on any atom is -0.392 e. The number of hydrogen-bond acceptors (Lipinski definition) is 3. The zero-order valence-electron chi connectivity index (χ0n) is 12.5. The van der Waals surface area contributed by atoms with Gasteiger partial charge in [-0.15, -0.1) is 12.4 Å². The van der Waals surface area contributed by atoms with Gasteiger partial charge in [0.1, 0.15) is 0 Å². The average molecular weight is 305 g/mol. The third-order valence-corrected chi connectivity index (χ3v) is 4.90. The zero-order chi connectivity index (χ0) is 13.7. The van der Waals surface area contributed by atoms with E-state index in [1.165, 1.54) is 0 Å². The number of hydrogen-bond donors (Lipinski definition) is 3. The van der Waals surface area contributed by atoms with Gasteiger partial charge in [-0.2, -0.15) is 0 Å². The van der Waals surface area contributed by atoms with Crippen LogP contribution in [0.5, 0.6) is 0 Å². The Labute approximate surface area is 128 Å². The molecular weight excluding hydrogens is 276 g/mol. The molecule has 2 unspecified atom stereocenters. The van der Waals surface area contributed by atoms with Gasteiger partial charge in [-0.05, 0) is 44.7 Å². The van der Waals surface area contributed by atoms with Gasteiger partial charge in [0.05, 0.1) is 6.10 Å². The number of carbonyl (C=O) groups is 1. The van der Waals surface area contributed by atoms with Crippen molar-refractivity contribution >= 4 is 18.3 Å². The number of piperidine rings is 1. The SMILES string of the molecule is CC1(CNC(=O)CC2CCNCC2)CCCCC1O.Cl. The number of halogens is 1. The number of nitrogens with one attached hydrogen (secondary N) is 2. The Morgan fingerprint density at radius 3 is 2.65 bits per heavy atom. The lowest BCUT2D eigenvalue weighted by Gasteiger charge is -2.38. The largest absolute Gasteiger partial charge is 0.392 e. The van der Waals surface area contributed by atoms with Crippen LogP contribution in [0.25, 0.3) is 0 Å². The highest BCUT2D eigenvalue weighted by Gasteiger charge is 2.35. The maximum Gasteiger partial charge on any atom is 0.220 e. The second-order valence-electron chi connectivity index (χ2n) is 6.59. The van der Waals surface area contributed by atoms with Crippen LogP contribution in [0.1, 0.15) is 51.9 Å². The lowest BCUT2D eigenvalue weighted by Crippen LogP contribution is -2.45. The highest BCUT2D eigenvalue weighted by molar-refractivity contribution is 5.85. The van der Waals surface area contributed by atoms with Crippen molar-refractivity contribution in [1.82, 2.24) is 10.6 Å². The molecule has 5 heteroatoms. The fourth-order valence-corrected chi connectivity index (χ4v) is 3.31. The Bertz CT molecular complexity index is 308. The summed E-state index contributed by atoms with van der Waals surface area (Å²) in [5.74, 6) is 0.691. The van der Waals surface area contributed by atoms with Crippen LogP contribution in [-0.4, -0.2) is 36.8 Å². The first-order chi connectivity index (χ1) is 9.10. The number of carbonyl (C=O) groups excluding carboxylic acids is 1. The van der Waals surface area contributed by atoms with Crippen molar-refractivity contribution in [3.8, 4) is 0 Å². The fourth-order valence-electron chi connectivity index (χ4n) is 3.31. The predicted octanol–water partition coefficient (Wildman–Crippen LogP) is 1.86. The third-order valence-electron chi connectivity index (χ3n) is 4.90. The van der Waals surface area contributed by atoms with E-state index in [0.29, 0.717) is 18.9 Å². The van der Waals surface area contributed by atoms with Crippen LogP contribution in [0, 0.1) is 11.3 Å². The Morgan fingerprint density at radius 1 is 1.30 bits per heavy atom. The molecule has 118 valence electrons. The summed E-state index contributed by atoms with van der Waals surface area (Å²) in [7, 11) is 0. The van der Waals surface area contributed by atoms with E-state index in [1.54, 1.807) is 0 Å². The fraction of sp³-hybridized carbons (Fsp3) is 0.933. The summed E-state index contributed by atoms with van der Waals surface area (Å²) in [5.41, 5.74) is -0.123. The molecule has 0 aromatic heterocycles. The van der Waals surface area contributed by atoms with Gasteiger partial charge < -0.3 is 15.7 Å². The predicted molar refractivity (Wildman–Crippen MR) is 83.1 cm³/mol. The molecule has 4 nitrogen and oxygen atoms in total. The topological polar surface area (TPSA) is 61.4 Å². The van der Waals surface area contributed by atoms with Crippen molar-refractivity contribution in [3.63, 3.8) is 0 Å². The number of aliphatic hydroxyl groups excluding tert-OH is 1. The third kappa shape index (κ3) is 4.90. The highest BCUT2D eigenvalue weighted by Crippen LogP contribution is 2.35. The van der Waals surface area contributed by atoms with E-state index in [0.717, 1.165) is 51.6 Å². The van der Waals surface area contributed by atoms with Crippen LogP contribution >= 0.6 is 12.4 Å². The average Bonchev–Trinajstić information content (AvgIpc) is 2.41. The number of amides is 1. The molecule has 0 spiro atoms. The molecule has 2 atom stereocenters. The van der Waals surface area contributed by atoms with Crippen molar-refractivity contribution in [1.29, 1.82) is 0 Å². The number of rotatable bonds is 4. The highest BCUT2D eigenvalue weighted by atomic mass is 35.5. The van der Waals surface area contributed by atoms with Crippen molar-refractivity contribution in [3.05, 3.63) is 0 Å². The zero-order valence-corrected chi connectivity index (χ0v) is 13.3. The molecule has 1 aliphatic carbocycles. The monoisotopic (exact) mass is 304 g/mol. The smallest absolute Gasteiger partial charge is 0.220 e. The van der Waals surface area contributed by atoms with Gasteiger partial charge in [0.2, 0.25) is 5.91 Å². The molecule has 0 aromatic rings. The van der Waals surface area contributed by atoms with Crippen LogP contribution in [-0.2, 0) is 4.79 Å². The minimum atomic E-state index is -0.263. The molecule has 1 aliphatic heterocycles. The van der Waals surface area contributed by atoms with Gasteiger partial charge in [0, 0.05) is 18.4 Å². The molecule has 0 radical (unpaired) electrons. The van der Waals surface area contributed by atoms with Gasteiger partial charge in [-0.3, -0.25) is 4.79 Å². The second-order valence-corrected chi connectivity index (χ2v) is 6.59. The van der Waals surface area contributed by atoms with Gasteiger partial charge in [-0.25, -0.2) is 0 Å². The first-order valence-corrected chi connectivity index (χ1v) is 7.76. The van der Waals surface area contributed by atoms with Crippen LogP contribution in [0.15, 0.2) is 0 Å². The van der Waals surface area contributed by atoms with Crippen molar-refractivity contribution in [2.75, 3.05) is 19.6 Å². The summed E-state index contributed by atoms with van der Waals surface area (Å²) in [6.45, 7) is 4.79. The second kappa shape index (κ2) is 8.20. The van der Waals surface area contributed by atoms with Crippen LogP contribution in [0.2, 0.25) is 0 Å². The summed E-state index contributed by atoms with van der Waals surface area (Å²) in [4.78, 5) is 12.0. The minimum absolute atomic E-state index is 0. The van der Waals surface area contributed by atoms with Crippen LogP contribution in [0.4, 0.5) is 0 Å². The maximum atomic E-state index is 12.0. The molecule has 0 aromatic carbocycles. The van der Waals surface area contributed by atoms with Gasteiger partial charge in [-0.1, -0.05) is 19.8 Å². The Morgan fingerprint density at radius 2 is 2.00 bits per heavy atom. The van der Waals surface area contributed by atoms with Crippen molar-refractivity contribution in [2.24, 2.45) is 11.3 Å². The van der Waals surface area contributed by atoms with Crippen molar-refractivity contribution < 1.29 is 9.90 Å². The van der Waals surface area contributed by atoms with E-state index in [9.17, 15) is 9.90 Å². The van der Waals surface area contributed by atoms with Crippen LogP contribution < -0.4 is 10.6 Å². The summed E-state index contributed by atoms with van der Waals surface area (Å²) in [5, 5.41) is 16.5. The van der Waals surface area contributed by atoms with Gasteiger partial charge in [0.15, 0.2) is 0 Å².